The topological polar surface area (TPSA) is 101 Å². The molecule has 1 heterocycles. The predicted molar refractivity (Wildman–Crippen MR) is 118 cm³/mol. The summed E-state index contributed by atoms with van der Waals surface area (Å²) in [6, 6.07) is 9.60. The van der Waals surface area contributed by atoms with Crippen LogP contribution in [0.5, 0.6) is 0 Å². The van der Waals surface area contributed by atoms with Gasteiger partial charge in [-0.15, -0.1) is 0 Å². The number of allylic oxidation sites excluding steroid dienone is 3. The lowest BCUT2D eigenvalue weighted by Crippen LogP contribution is -2.35. The third kappa shape index (κ3) is 4.01. The van der Waals surface area contributed by atoms with Crippen molar-refractivity contribution in [3.05, 3.63) is 91.5 Å². The van der Waals surface area contributed by atoms with Gasteiger partial charge in [-0.05, 0) is 55.7 Å². The number of anilines is 1. The molecule has 1 unspecified atom stereocenters. The maximum Gasteiger partial charge on any atom is 0.288 e. The molecule has 9 heteroatoms. The van der Waals surface area contributed by atoms with Crippen LogP contribution >= 0.6 is 11.6 Å². The van der Waals surface area contributed by atoms with E-state index in [1.54, 1.807) is 13.0 Å². The van der Waals surface area contributed by atoms with E-state index >= 15 is 0 Å². The number of amides is 1. The maximum absolute atomic E-state index is 13.3. The molecule has 0 fully saturated rings. The number of hydrogen-bond donors (Lipinski definition) is 2. The molecule has 4 rings (SSSR count). The van der Waals surface area contributed by atoms with Crippen molar-refractivity contribution in [2.24, 2.45) is 0 Å². The molecular weight excluding hydrogens is 437 g/mol. The van der Waals surface area contributed by atoms with Crippen LogP contribution in [-0.4, -0.2) is 16.6 Å². The van der Waals surface area contributed by atoms with Gasteiger partial charge in [-0.3, -0.25) is 19.7 Å². The number of ketones is 1. The summed E-state index contributed by atoms with van der Waals surface area (Å²) in [4.78, 5) is 37.1. The molecule has 1 aliphatic heterocycles. The summed E-state index contributed by atoms with van der Waals surface area (Å²) in [7, 11) is 0. The highest BCUT2D eigenvalue weighted by molar-refractivity contribution is 6.32. The Kier molecular flexibility index (Phi) is 5.80. The first-order valence-corrected chi connectivity index (χ1v) is 10.4. The number of nitrogens with zero attached hydrogens (tertiary/aromatic N) is 1. The summed E-state index contributed by atoms with van der Waals surface area (Å²) < 4.78 is 13.2. The Balaban J connectivity index is 1.83. The summed E-state index contributed by atoms with van der Waals surface area (Å²) in [6.45, 7) is 1.72. The first-order chi connectivity index (χ1) is 15.3. The Bertz CT molecular complexity index is 1200. The molecule has 0 radical (unpaired) electrons. The van der Waals surface area contributed by atoms with Crippen LogP contribution in [0.3, 0.4) is 0 Å². The third-order valence-corrected chi connectivity index (χ3v) is 5.94. The number of dihydropyridines is 1. The molecule has 0 saturated heterocycles. The summed E-state index contributed by atoms with van der Waals surface area (Å²) in [6.07, 6.45) is 1.65. The van der Waals surface area contributed by atoms with Crippen LogP contribution in [0, 0.1) is 15.9 Å². The van der Waals surface area contributed by atoms with Gasteiger partial charge >= 0.3 is 0 Å². The van der Waals surface area contributed by atoms with Crippen molar-refractivity contribution in [1.29, 1.82) is 0 Å². The average Bonchev–Trinajstić information content (AvgIpc) is 2.74. The molecule has 32 heavy (non-hydrogen) atoms. The van der Waals surface area contributed by atoms with Gasteiger partial charge in [0.1, 0.15) is 10.8 Å². The third-order valence-electron chi connectivity index (χ3n) is 5.62. The molecule has 1 aliphatic carbocycles. The minimum absolute atomic E-state index is 0.0325. The minimum atomic E-state index is -0.796. The molecule has 1 amide bonds. The van der Waals surface area contributed by atoms with Crippen LogP contribution in [0.2, 0.25) is 5.02 Å². The second-order valence-electron chi connectivity index (χ2n) is 7.69. The number of nitrogens with one attached hydrogen (secondary N) is 2. The van der Waals surface area contributed by atoms with Crippen LogP contribution in [-0.2, 0) is 9.59 Å². The molecule has 0 saturated carbocycles. The van der Waals surface area contributed by atoms with E-state index in [0.29, 0.717) is 41.8 Å². The highest BCUT2D eigenvalue weighted by atomic mass is 35.5. The summed E-state index contributed by atoms with van der Waals surface area (Å²) in [5.41, 5.74) is 2.47. The lowest BCUT2D eigenvalue weighted by molar-refractivity contribution is -0.384. The molecule has 0 aromatic heterocycles. The van der Waals surface area contributed by atoms with Gasteiger partial charge < -0.3 is 10.6 Å². The average molecular weight is 456 g/mol. The SMILES string of the molecule is CC1=C(C(=O)Nc2ccc(F)cc2)C(c2ccc(Cl)c([N+](=O)[O-])c2)C2=C(CCCC2=O)N1. The molecule has 1 atom stereocenters. The van der Waals surface area contributed by atoms with Gasteiger partial charge in [0.25, 0.3) is 11.6 Å². The Morgan fingerprint density at radius 2 is 1.94 bits per heavy atom. The van der Waals surface area contributed by atoms with Crippen LogP contribution in [0.25, 0.3) is 0 Å². The van der Waals surface area contributed by atoms with E-state index in [-0.39, 0.29) is 22.1 Å². The van der Waals surface area contributed by atoms with Crippen LogP contribution in [0.1, 0.15) is 37.7 Å². The van der Waals surface area contributed by atoms with Gasteiger partial charge in [0.05, 0.1) is 4.92 Å². The fourth-order valence-corrected chi connectivity index (χ4v) is 4.39. The smallest absolute Gasteiger partial charge is 0.288 e. The number of carbonyl (C=O) groups is 2. The molecule has 164 valence electrons. The fourth-order valence-electron chi connectivity index (χ4n) is 4.20. The van der Waals surface area contributed by atoms with Crippen molar-refractivity contribution < 1.29 is 18.9 Å². The first-order valence-electron chi connectivity index (χ1n) is 10.0. The number of halogens is 2. The second-order valence-corrected chi connectivity index (χ2v) is 8.10. The van der Waals surface area contributed by atoms with E-state index in [4.69, 9.17) is 11.6 Å². The number of hydrogen-bond acceptors (Lipinski definition) is 5. The van der Waals surface area contributed by atoms with Gasteiger partial charge in [-0.1, -0.05) is 17.7 Å². The Morgan fingerprint density at radius 3 is 2.62 bits per heavy atom. The summed E-state index contributed by atoms with van der Waals surface area (Å²) >= 11 is 5.99. The zero-order valence-corrected chi connectivity index (χ0v) is 17.8. The Labute approximate surface area is 188 Å². The fraction of sp³-hybridized carbons (Fsp3) is 0.217. The number of nitro groups is 1. The van der Waals surface area contributed by atoms with Crippen LogP contribution < -0.4 is 10.6 Å². The van der Waals surface area contributed by atoms with E-state index in [0.717, 1.165) is 5.70 Å². The standard InChI is InChI=1S/C23H19ClFN3O4/c1-12-20(23(30)27-15-8-6-14(25)7-9-15)21(22-17(26-12)3-2-4-19(22)29)13-5-10-16(24)18(11-13)28(31)32/h5-11,21,26H,2-4H2,1H3,(H,27,30). The monoisotopic (exact) mass is 455 g/mol. The lowest BCUT2D eigenvalue weighted by Gasteiger charge is -2.34. The molecule has 7 nitrogen and oxygen atoms in total. The van der Waals surface area contributed by atoms with Gasteiger partial charge in [0, 0.05) is 46.6 Å². The van der Waals surface area contributed by atoms with Gasteiger partial charge in [0.2, 0.25) is 0 Å². The summed E-state index contributed by atoms with van der Waals surface area (Å²) in [5, 5.41) is 17.3. The molecule has 0 bridgehead atoms. The quantitative estimate of drug-likeness (QED) is 0.499. The number of rotatable bonds is 4. The van der Waals surface area contributed by atoms with Crippen molar-refractivity contribution in [1.82, 2.24) is 5.32 Å². The lowest BCUT2D eigenvalue weighted by atomic mass is 9.75. The number of Topliss-reactive ketones (excluding diaryl/α,β-unsaturated/α-hetero) is 1. The van der Waals surface area contributed by atoms with E-state index < -0.39 is 22.6 Å². The van der Waals surface area contributed by atoms with Gasteiger partial charge in [-0.25, -0.2) is 4.39 Å². The summed E-state index contributed by atoms with van der Waals surface area (Å²) in [5.74, 6) is -1.84. The van der Waals surface area contributed by atoms with E-state index in [1.807, 2.05) is 0 Å². The van der Waals surface area contributed by atoms with Gasteiger partial charge in [0.15, 0.2) is 5.78 Å². The van der Waals surface area contributed by atoms with E-state index in [1.165, 1.54) is 36.4 Å². The highest BCUT2D eigenvalue weighted by Crippen LogP contribution is 2.43. The van der Waals surface area contributed by atoms with Crippen molar-refractivity contribution in [2.45, 2.75) is 32.1 Å². The minimum Gasteiger partial charge on any atom is -0.362 e. The molecular formula is C23H19ClFN3O4. The van der Waals surface area contributed by atoms with Crippen molar-refractivity contribution in [2.75, 3.05) is 5.32 Å². The Morgan fingerprint density at radius 1 is 1.22 bits per heavy atom. The number of nitro benzene ring substituents is 1. The zero-order chi connectivity index (χ0) is 23.0. The largest absolute Gasteiger partial charge is 0.362 e. The zero-order valence-electron chi connectivity index (χ0n) is 17.1. The number of benzene rings is 2. The van der Waals surface area contributed by atoms with Crippen molar-refractivity contribution >= 4 is 34.7 Å². The normalized spacial score (nSPS) is 18.2. The Hall–Kier alpha value is -3.52. The molecule has 2 aromatic rings. The molecule has 2 aromatic carbocycles. The van der Waals surface area contributed by atoms with Crippen molar-refractivity contribution in [3.63, 3.8) is 0 Å². The highest BCUT2D eigenvalue weighted by Gasteiger charge is 2.39. The van der Waals surface area contributed by atoms with Gasteiger partial charge in [-0.2, -0.15) is 0 Å². The van der Waals surface area contributed by atoms with Crippen LogP contribution in [0.4, 0.5) is 15.8 Å². The second kappa shape index (κ2) is 8.55. The van der Waals surface area contributed by atoms with E-state index in [9.17, 15) is 24.1 Å². The van der Waals surface area contributed by atoms with E-state index in [2.05, 4.69) is 10.6 Å². The van der Waals surface area contributed by atoms with Crippen molar-refractivity contribution in [3.8, 4) is 0 Å². The first kappa shape index (κ1) is 21.7. The molecule has 2 N–H and O–H groups in total. The predicted octanol–water partition coefficient (Wildman–Crippen LogP) is 4.99. The maximum atomic E-state index is 13.3. The molecule has 0 spiro atoms. The van der Waals surface area contributed by atoms with Crippen LogP contribution in [0.15, 0.2) is 65.0 Å². The number of carbonyl (C=O) groups excluding carboxylic acids is 2. The molecule has 2 aliphatic rings.